The van der Waals surface area contributed by atoms with Gasteiger partial charge in [0, 0.05) is 24.7 Å². The van der Waals surface area contributed by atoms with Gasteiger partial charge in [-0.2, -0.15) is 0 Å². The van der Waals surface area contributed by atoms with E-state index in [2.05, 4.69) is 40.0 Å². The summed E-state index contributed by atoms with van der Waals surface area (Å²) >= 11 is 0. The van der Waals surface area contributed by atoms with Crippen molar-refractivity contribution in [1.29, 1.82) is 0 Å². The van der Waals surface area contributed by atoms with Gasteiger partial charge in [-0.25, -0.2) is 4.68 Å². The number of carbonyl (C=O) groups excluding carboxylic acids is 1. The number of rotatable bonds is 6. The maximum atomic E-state index is 11.9. The zero-order chi connectivity index (χ0) is 15.2. The molecular formula is C14H20N6O. The fraction of sp³-hybridized carbons (Fsp3) is 0.429. The van der Waals surface area contributed by atoms with Crippen molar-refractivity contribution in [1.82, 2.24) is 25.5 Å². The Hall–Kier alpha value is -2.28. The molecule has 0 unspecified atom stereocenters. The highest BCUT2D eigenvalue weighted by molar-refractivity contribution is 5.91. The number of benzene rings is 1. The predicted octanol–water partition coefficient (Wildman–Crippen LogP) is 1.30. The van der Waals surface area contributed by atoms with E-state index >= 15 is 0 Å². The summed E-state index contributed by atoms with van der Waals surface area (Å²) in [6, 6.07) is 6.07. The number of hydrogen-bond acceptors (Lipinski definition) is 5. The Morgan fingerprint density at radius 1 is 1.38 bits per heavy atom. The molecule has 0 aliphatic rings. The van der Waals surface area contributed by atoms with Gasteiger partial charge in [0.1, 0.15) is 6.33 Å². The van der Waals surface area contributed by atoms with Crippen LogP contribution in [0.5, 0.6) is 0 Å². The topological polar surface area (TPSA) is 84.7 Å². The van der Waals surface area contributed by atoms with E-state index in [0.717, 1.165) is 16.9 Å². The van der Waals surface area contributed by atoms with Crippen molar-refractivity contribution < 1.29 is 4.79 Å². The first kappa shape index (κ1) is 15.1. The van der Waals surface area contributed by atoms with Crippen LogP contribution in [0.2, 0.25) is 0 Å². The van der Waals surface area contributed by atoms with Crippen molar-refractivity contribution in [3.63, 3.8) is 0 Å². The maximum Gasteiger partial charge on any atom is 0.225 e. The van der Waals surface area contributed by atoms with E-state index in [1.807, 2.05) is 25.1 Å². The molecule has 0 aliphatic carbocycles. The van der Waals surface area contributed by atoms with Gasteiger partial charge < -0.3 is 10.6 Å². The first-order valence-electron chi connectivity index (χ1n) is 6.93. The molecule has 2 rings (SSSR count). The van der Waals surface area contributed by atoms with Gasteiger partial charge in [-0.3, -0.25) is 4.79 Å². The number of aryl methyl sites for hydroxylation is 1. The van der Waals surface area contributed by atoms with Gasteiger partial charge in [0.25, 0.3) is 0 Å². The lowest BCUT2D eigenvalue weighted by atomic mass is 10.1. The highest BCUT2D eigenvalue weighted by Crippen LogP contribution is 2.19. The molecular weight excluding hydrogens is 268 g/mol. The minimum absolute atomic E-state index is 0.0138. The second-order valence-electron chi connectivity index (χ2n) is 5.16. The van der Waals surface area contributed by atoms with Crippen molar-refractivity contribution >= 4 is 11.6 Å². The van der Waals surface area contributed by atoms with Crippen LogP contribution in [0.4, 0.5) is 5.69 Å². The largest absolute Gasteiger partial charge is 0.326 e. The Bertz CT molecular complexity index is 594. The molecule has 0 bridgehead atoms. The Balaban J connectivity index is 2.02. The molecule has 7 nitrogen and oxygen atoms in total. The molecule has 0 radical (unpaired) electrons. The van der Waals surface area contributed by atoms with E-state index in [9.17, 15) is 4.79 Å². The second-order valence-corrected chi connectivity index (χ2v) is 5.16. The van der Waals surface area contributed by atoms with Crippen LogP contribution in [-0.2, 0) is 4.79 Å². The van der Waals surface area contributed by atoms with Crippen molar-refractivity contribution in [2.75, 3.05) is 11.9 Å². The fourth-order valence-electron chi connectivity index (χ4n) is 1.85. The summed E-state index contributed by atoms with van der Waals surface area (Å²) < 4.78 is 1.55. The Labute approximate surface area is 123 Å². The summed E-state index contributed by atoms with van der Waals surface area (Å²) in [5.41, 5.74) is 2.58. The van der Waals surface area contributed by atoms with Crippen LogP contribution in [0.15, 0.2) is 24.5 Å². The maximum absolute atomic E-state index is 11.9. The summed E-state index contributed by atoms with van der Waals surface area (Å²) in [4.78, 5) is 11.9. The lowest BCUT2D eigenvalue weighted by molar-refractivity contribution is -0.116. The van der Waals surface area contributed by atoms with Crippen LogP contribution in [-0.4, -0.2) is 38.7 Å². The zero-order valence-electron chi connectivity index (χ0n) is 12.5. The van der Waals surface area contributed by atoms with Gasteiger partial charge in [0.05, 0.1) is 5.69 Å². The molecule has 0 spiro atoms. The van der Waals surface area contributed by atoms with E-state index in [1.54, 1.807) is 4.68 Å². The Morgan fingerprint density at radius 2 is 2.19 bits per heavy atom. The smallest absolute Gasteiger partial charge is 0.225 e. The van der Waals surface area contributed by atoms with Gasteiger partial charge in [0.2, 0.25) is 5.91 Å². The van der Waals surface area contributed by atoms with Crippen LogP contribution in [0.1, 0.15) is 25.8 Å². The van der Waals surface area contributed by atoms with Crippen LogP contribution in [0, 0.1) is 6.92 Å². The van der Waals surface area contributed by atoms with Crippen LogP contribution < -0.4 is 10.6 Å². The van der Waals surface area contributed by atoms with Gasteiger partial charge in [-0.15, -0.1) is 5.10 Å². The monoisotopic (exact) mass is 288 g/mol. The van der Waals surface area contributed by atoms with Crippen molar-refractivity contribution in [3.05, 3.63) is 30.1 Å². The predicted molar refractivity (Wildman–Crippen MR) is 80.3 cm³/mol. The molecule has 7 heteroatoms. The minimum Gasteiger partial charge on any atom is -0.326 e. The molecule has 1 heterocycles. The van der Waals surface area contributed by atoms with Gasteiger partial charge >= 0.3 is 0 Å². The molecule has 21 heavy (non-hydrogen) atoms. The van der Waals surface area contributed by atoms with Crippen LogP contribution in [0.25, 0.3) is 5.69 Å². The molecule has 0 atom stereocenters. The third kappa shape index (κ3) is 4.35. The lowest BCUT2D eigenvalue weighted by Crippen LogP contribution is -2.27. The molecule has 0 fully saturated rings. The van der Waals surface area contributed by atoms with Crippen molar-refractivity contribution in [3.8, 4) is 5.69 Å². The summed E-state index contributed by atoms with van der Waals surface area (Å²) in [5.74, 6) is -0.0138. The van der Waals surface area contributed by atoms with E-state index in [-0.39, 0.29) is 5.91 Å². The number of nitrogens with zero attached hydrogens (tertiary/aromatic N) is 4. The Morgan fingerprint density at radius 3 is 2.86 bits per heavy atom. The normalized spacial score (nSPS) is 10.9. The van der Waals surface area contributed by atoms with E-state index in [1.165, 1.54) is 6.33 Å². The van der Waals surface area contributed by atoms with Crippen LogP contribution in [0.3, 0.4) is 0 Å². The molecule has 2 aromatic rings. The third-order valence-electron chi connectivity index (χ3n) is 3.01. The zero-order valence-corrected chi connectivity index (χ0v) is 12.5. The number of tetrazole rings is 1. The molecule has 1 aromatic carbocycles. The molecule has 0 saturated heterocycles. The van der Waals surface area contributed by atoms with Gasteiger partial charge in [-0.05, 0) is 35.0 Å². The first-order chi connectivity index (χ1) is 10.1. The second kappa shape index (κ2) is 6.94. The number of carbonyl (C=O) groups is 1. The standard InChI is InChI=1S/C14H20N6O/c1-10(2)15-7-6-14(21)17-13-8-12(5-4-11(13)3)20-9-16-18-19-20/h4-5,8-10,15H,6-7H2,1-3H3,(H,17,21). The highest BCUT2D eigenvalue weighted by Gasteiger charge is 2.07. The Kier molecular flexibility index (Phi) is 4.99. The molecule has 0 aliphatic heterocycles. The van der Waals surface area contributed by atoms with E-state index in [0.29, 0.717) is 19.0 Å². The van der Waals surface area contributed by atoms with Gasteiger partial charge in [0.15, 0.2) is 0 Å². The minimum atomic E-state index is -0.0138. The number of anilines is 1. The molecule has 1 amide bonds. The average Bonchev–Trinajstić information content (AvgIpc) is 2.95. The highest BCUT2D eigenvalue weighted by atomic mass is 16.1. The summed E-state index contributed by atoms with van der Waals surface area (Å²) in [5, 5.41) is 17.2. The first-order valence-corrected chi connectivity index (χ1v) is 6.93. The van der Waals surface area contributed by atoms with Crippen molar-refractivity contribution in [2.45, 2.75) is 33.2 Å². The number of nitrogens with one attached hydrogen (secondary N) is 2. The number of aromatic nitrogens is 4. The van der Waals surface area contributed by atoms with Gasteiger partial charge in [-0.1, -0.05) is 19.9 Å². The lowest BCUT2D eigenvalue weighted by Gasteiger charge is -2.11. The summed E-state index contributed by atoms with van der Waals surface area (Å²) in [6.45, 7) is 6.72. The van der Waals surface area contributed by atoms with E-state index < -0.39 is 0 Å². The quantitative estimate of drug-likeness (QED) is 0.837. The molecule has 0 saturated carbocycles. The molecule has 112 valence electrons. The average molecular weight is 288 g/mol. The summed E-state index contributed by atoms with van der Waals surface area (Å²) in [7, 11) is 0. The SMILES string of the molecule is Cc1ccc(-n2cnnn2)cc1NC(=O)CCNC(C)C. The van der Waals surface area contributed by atoms with Crippen LogP contribution >= 0.6 is 0 Å². The number of amides is 1. The molecule has 1 aromatic heterocycles. The summed E-state index contributed by atoms with van der Waals surface area (Å²) in [6.07, 6.45) is 1.95. The number of hydrogen-bond donors (Lipinski definition) is 2. The van der Waals surface area contributed by atoms with Crippen molar-refractivity contribution in [2.24, 2.45) is 0 Å². The van der Waals surface area contributed by atoms with E-state index in [4.69, 9.17) is 0 Å². The fourth-order valence-corrected chi connectivity index (χ4v) is 1.85. The molecule has 2 N–H and O–H groups in total. The third-order valence-corrected chi connectivity index (χ3v) is 3.01.